The van der Waals surface area contributed by atoms with E-state index in [2.05, 4.69) is 10.6 Å². The maximum absolute atomic E-state index is 12.2. The highest BCUT2D eigenvalue weighted by Crippen LogP contribution is 2.15. The second-order valence-electron chi connectivity index (χ2n) is 4.81. The van der Waals surface area contributed by atoms with Crippen LogP contribution in [0.2, 0.25) is 0 Å². The van der Waals surface area contributed by atoms with E-state index in [9.17, 15) is 4.79 Å². The molecule has 0 aliphatic rings. The first-order valence-corrected chi connectivity index (χ1v) is 7.02. The quantitative estimate of drug-likeness (QED) is 0.764. The molecule has 0 saturated carbocycles. The van der Waals surface area contributed by atoms with E-state index in [4.69, 9.17) is 5.11 Å². The van der Waals surface area contributed by atoms with E-state index in [1.165, 1.54) is 0 Å². The number of nitrogens with one attached hydrogen (secondary N) is 2. The standard InChI is InChI=1S/C17H20N2O2/c1-18-15-9-7-14(8-10-15)17(21)19-16-6-2-4-13(12-16)5-3-11-20/h2,4,6-10,12,18,20H,3,5,11H2,1H3,(H,19,21). The van der Waals surface area contributed by atoms with E-state index < -0.39 is 0 Å². The summed E-state index contributed by atoms with van der Waals surface area (Å²) < 4.78 is 0. The van der Waals surface area contributed by atoms with Gasteiger partial charge in [-0.05, 0) is 54.8 Å². The van der Waals surface area contributed by atoms with Crippen molar-refractivity contribution in [3.8, 4) is 0 Å². The molecule has 2 aromatic carbocycles. The van der Waals surface area contributed by atoms with Crippen LogP contribution in [0.4, 0.5) is 11.4 Å². The van der Waals surface area contributed by atoms with Crippen molar-refractivity contribution in [2.75, 3.05) is 24.3 Å². The largest absolute Gasteiger partial charge is 0.396 e. The first-order valence-electron chi connectivity index (χ1n) is 7.02. The number of benzene rings is 2. The molecule has 1 amide bonds. The molecule has 2 rings (SSSR count). The van der Waals surface area contributed by atoms with E-state index >= 15 is 0 Å². The van der Waals surface area contributed by atoms with E-state index in [-0.39, 0.29) is 12.5 Å². The average Bonchev–Trinajstić information content (AvgIpc) is 2.53. The van der Waals surface area contributed by atoms with Crippen molar-refractivity contribution in [3.63, 3.8) is 0 Å². The Balaban J connectivity index is 2.04. The van der Waals surface area contributed by atoms with E-state index in [1.54, 1.807) is 12.1 Å². The van der Waals surface area contributed by atoms with E-state index in [1.807, 2.05) is 43.4 Å². The summed E-state index contributed by atoms with van der Waals surface area (Å²) in [5.74, 6) is -0.128. The summed E-state index contributed by atoms with van der Waals surface area (Å²) in [4.78, 5) is 12.2. The average molecular weight is 284 g/mol. The van der Waals surface area contributed by atoms with Gasteiger partial charge in [-0.3, -0.25) is 4.79 Å². The highest BCUT2D eigenvalue weighted by molar-refractivity contribution is 6.04. The molecule has 0 fully saturated rings. The van der Waals surface area contributed by atoms with Crippen molar-refractivity contribution in [1.82, 2.24) is 0 Å². The number of carbonyl (C=O) groups excluding carboxylic acids is 1. The number of carbonyl (C=O) groups is 1. The molecule has 4 heteroatoms. The van der Waals surface area contributed by atoms with Crippen molar-refractivity contribution in [2.24, 2.45) is 0 Å². The van der Waals surface area contributed by atoms with Gasteiger partial charge in [0.25, 0.3) is 5.91 Å². The molecule has 21 heavy (non-hydrogen) atoms. The number of rotatable bonds is 6. The fourth-order valence-corrected chi connectivity index (χ4v) is 2.08. The maximum atomic E-state index is 12.2. The van der Waals surface area contributed by atoms with Gasteiger partial charge < -0.3 is 15.7 Å². The zero-order chi connectivity index (χ0) is 15.1. The minimum absolute atomic E-state index is 0.128. The lowest BCUT2D eigenvalue weighted by molar-refractivity contribution is 0.102. The normalized spacial score (nSPS) is 10.2. The summed E-state index contributed by atoms with van der Waals surface area (Å²) in [5.41, 5.74) is 3.47. The highest BCUT2D eigenvalue weighted by atomic mass is 16.2. The Kier molecular flexibility index (Phi) is 5.35. The fourth-order valence-electron chi connectivity index (χ4n) is 2.08. The summed E-state index contributed by atoms with van der Waals surface area (Å²) in [6.45, 7) is 0.175. The van der Waals surface area contributed by atoms with Crippen LogP contribution in [0.5, 0.6) is 0 Å². The number of amides is 1. The van der Waals surface area contributed by atoms with Crippen LogP contribution < -0.4 is 10.6 Å². The minimum atomic E-state index is -0.128. The Labute approximate surface area is 124 Å². The van der Waals surface area contributed by atoms with Crippen molar-refractivity contribution in [2.45, 2.75) is 12.8 Å². The lowest BCUT2D eigenvalue weighted by Gasteiger charge is -2.08. The van der Waals surface area contributed by atoms with Crippen molar-refractivity contribution in [3.05, 3.63) is 59.7 Å². The molecule has 0 aliphatic heterocycles. The highest BCUT2D eigenvalue weighted by Gasteiger charge is 2.06. The SMILES string of the molecule is CNc1ccc(C(=O)Nc2cccc(CCCO)c2)cc1. The van der Waals surface area contributed by atoms with Gasteiger partial charge >= 0.3 is 0 Å². The molecular weight excluding hydrogens is 264 g/mol. The van der Waals surface area contributed by atoms with Crippen LogP contribution in [0, 0.1) is 0 Å². The number of aryl methyl sites for hydroxylation is 1. The molecule has 0 unspecified atom stereocenters. The minimum Gasteiger partial charge on any atom is -0.396 e. The van der Waals surface area contributed by atoms with Gasteiger partial charge in [0, 0.05) is 30.6 Å². The van der Waals surface area contributed by atoms with Gasteiger partial charge in [-0.1, -0.05) is 12.1 Å². The maximum Gasteiger partial charge on any atom is 0.255 e. The summed E-state index contributed by atoms with van der Waals surface area (Å²) in [7, 11) is 1.84. The summed E-state index contributed by atoms with van der Waals surface area (Å²) >= 11 is 0. The molecule has 0 spiro atoms. The van der Waals surface area contributed by atoms with Gasteiger partial charge in [0.05, 0.1) is 0 Å². The predicted octanol–water partition coefficient (Wildman–Crippen LogP) is 2.91. The van der Waals surface area contributed by atoms with E-state index in [0.717, 1.165) is 29.8 Å². The predicted molar refractivity (Wildman–Crippen MR) is 85.8 cm³/mol. The van der Waals surface area contributed by atoms with Gasteiger partial charge in [-0.25, -0.2) is 0 Å². The van der Waals surface area contributed by atoms with Gasteiger partial charge in [0.2, 0.25) is 0 Å². The second-order valence-corrected chi connectivity index (χ2v) is 4.81. The fraction of sp³-hybridized carbons (Fsp3) is 0.235. The van der Waals surface area contributed by atoms with Crippen molar-refractivity contribution in [1.29, 1.82) is 0 Å². The first-order chi connectivity index (χ1) is 10.2. The third kappa shape index (κ3) is 4.33. The Morgan fingerprint density at radius 1 is 1.10 bits per heavy atom. The Hall–Kier alpha value is -2.33. The van der Waals surface area contributed by atoms with Crippen LogP contribution in [-0.2, 0) is 6.42 Å². The number of aliphatic hydroxyl groups is 1. The topological polar surface area (TPSA) is 61.4 Å². The van der Waals surface area contributed by atoms with Crippen molar-refractivity contribution < 1.29 is 9.90 Å². The van der Waals surface area contributed by atoms with Crippen LogP contribution in [0.3, 0.4) is 0 Å². The van der Waals surface area contributed by atoms with Gasteiger partial charge in [-0.15, -0.1) is 0 Å². The lowest BCUT2D eigenvalue weighted by atomic mass is 10.1. The number of anilines is 2. The van der Waals surface area contributed by atoms with Crippen LogP contribution in [0.15, 0.2) is 48.5 Å². The molecule has 3 N–H and O–H groups in total. The number of hydrogen-bond donors (Lipinski definition) is 3. The van der Waals surface area contributed by atoms with Crippen LogP contribution in [0.1, 0.15) is 22.3 Å². The zero-order valence-corrected chi connectivity index (χ0v) is 12.1. The molecule has 4 nitrogen and oxygen atoms in total. The van der Waals surface area contributed by atoms with Gasteiger partial charge in [-0.2, -0.15) is 0 Å². The van der Waals surface area contributed by atoms with Gasteiger partial charge in [0.1, 0.15) is 0 Å². The monoisotopic (exact) mass is 284 g/mol. The molecule has 0 bridgehead atoms. The van der Waals surface area contributed by atoms with Crippen LogP contribution in [0.25, 0.3) is 0 Å². The van der Waals surface area contributed by atoms with Crippen LogP contribution >= 0.6 is 0 Å². The molecule has 0 heterocycles. The zero-order valence-electron chi connectivity index (χ0n) is 12.1. The van der Waals surface area contributed by atoms with E-state index in [0.29, 0.717) is 5.56 Å². The first kappa shape index (κ1) is 15.1. The van der Waals surface area contributed by atoms with Gasteiger partial charge in [0.15, 0.2) is 0 Å². The molecule has 0 aliphatic carbocycles. The smallest absolute Gasteiger partial charge is 0.255 e. The lowest BCUT2D eigenvalue weighted by Crippen LogP contribution is -2.12. The summed E-state index contributed by atoms with van der Waals surface area (Å²) in [6, 6.07) is 15.0. The third-order valence-electron chi connectivity index (χ3n) is 3.24. The molecule has 0 aromatic heterocycles. The number of aliphatic hydroxyl groups excluding tert-OH is 1. The summed E-state index contributed by atoms with van der Waals surface area (Å²) in [5, 5.41) is 14.8. The number of hydrogen-bond acceptors (Lipinski definition) is 3. The Morgan fingerprint density at radius 3 is 2.52 bits per heavy atom. The molecule has 2 aromatic rings. The molecule has 0 radical (unpaired) electrons. The van der Waals surface area contributed by atoms with Crippen LogP contribution in [-0.4, -0.2) is 24.7 Å². The Morgan fingerprint density at radius 2 is 1.86 bits per heavy atom. The second kappa shape index (κ2) is 7.45. The Bertz CT molecular complexity index is 594. The third-order valence-corrected chi connectivity index (χ3v) is 3.24. The summed E-state index contributed by atoms with van der Waals surface area (Å²) in [6.07, 6.45) is 1.53. The van der Waals surface area contributed by atoms with Crippen molar-refractivity contribution >= 4 is 17.3 Å². The molecule has 110 valence electrons. The molecular formula is C17H20N2O2. The molecule has 0 atom stereocenters. The molecule has 0 saturated heterocycles.